The molecule has 0 saturated carbocycles. The number of rotatable bonds is 6. The summed E-state index contributed by atoms with van der Waals surface area (Å²) >= 11 is 0. The number of aromatic nitrogens is 4. The number of hydrogen-bond donors (Lipinski definition) is 1. The van der Waals surface area contributed by atoms with Gasteiger partial charge in [0.05, 0.1) is 13.7 Å². The van der Waals surface area contributed by atoms with Crippen molar-refractivity contribution in [1.82, 2.24) is 24.4 Å². The van der Waals surface area contributed by atoms with Gasteiger partial charge in [0.1, 0.15) is 6.10 Å². The molecule has 138 valence electrons. The molecule has 26 heavy (non-hydrogen) atoms. The van der Waals surface area contributed by atoms with Gasteiger partial charge in [0.15, 0.2) is 0 Å². The number of nitrogens with one attached hydrogen (secondary N) is 1. The van der Waals surface area contributed by atoms with Crippen LogP contribution >= 0.6 is 0 Å². The minimum absolute atomic E-state index is 0.0830. The van der Waals surface area contributed by atoms with Crippen LogP contribution in [0.1, 0.15) is 12.8 Å². The Balaban J connectivity index is 1.54. The molecule has 2 aromatic rings. The quantitative estimate of drug-likeness (QED) is 0.730. The number of nitrogens with zero attached hydrogens (tertiary/aromatic N) is 4. The van der Waals surface area contributed by atoms with Gasteiger partial charge in [0.2, 0.25) is 5.91 Å². The van der Waals surface area contributed by atoms with Gasteiger partial charge in [-0.2, -0.15) is 0 Å². The highest BCUT2D eigenvalue weighted by atomic mass is 16.5. The molecule has 1 aliphatic rings. The SMILES string of the molecule is COc1nccnc1O[C@@H]1CCN(C(=O)CCn2ccc(=O)[nH]c2=O)C1. The lowest BCUT2D eigenvalue weighted by molar-refractivity contribution is -0.130. The molecule has 1 N–H and O–H groups in total. The highest BCUT2D eigenvalue weighted by molar-refractivity contribution is 5.76. The molecule has 0 radical (unpaired) electrons. The van der Waals surface area contributed by atoms with E-state index in [0.717, 1.165) is 0 Å². The van der Waals surface area contributed by atoms with E-state index in [2.05, 4.69) is 15.0 Å². The number of amides is 1. The normalized spacial score (nSPS) is 16.5. The number of aryl methyl sites for hydroxylation is 1. The number of ether oxygens (including phenoxy) is 2. The standard InChI is InChI=1S/C16H19N5O5/c1-25-14-15(18-6-5-17-14)26-11-2-7-21(10-11)13(23)4-9-20-8-3-12(22)19-16(20)24/h3,5-6,8,11H,2,4,7,9-10H2,1H3,(H,19,22,24)/t11-/m1/s1. The van der Waals surface area contributed by atoms with E-state index in [0.29, 0.717) is 31.3 Å². The van der Waals surface area contributed by atoms with Gasteiger partial charge in [0.25, 0.3) is 17.3 Å². The Hall–Kier alpha value is -3.17. The summed E-state index contributed by atoms with van der Waals surface area (Å²) in [5.74, 6) is 0.518. The average Bonchev–Trinajstić information content (AvgIpc) is 3.10. The highest BCUT2D eigenvalue weighted by Crippen LogP contribution is 2.24. The molecule has 3 heterocycles. The molecule has 1 saturated heterocycles. The van der Waals surface area contributed by atoms with Crippen LogP contribution in [0.5, 0.6) is 11.8 Å². The van der Waals surface area contributed by atoms with Gasteiger partial charge in [-0.15, -0.1) is 0 Å². The Bertz CT molecular complexity index is 893. The van der Waals surface area contributed by atoms with E-state index in [9.17, 15) is 14.4 Å². The van der Waals surface area contributed by atoms with Crippen molar-refractivity contribution in [2.75, 3.05) is 20.2 Å². The van der Waals surface area contributed by atoms with Crippen LogP contribution < -0.4 is 20.7 Å². The molecule has 0 aromatic carbocycles. The van der Waals surface area contributed by atoms with Gasteiger partial charge in [0, 0.05) is 50.6 Å². The fourth-order valence-corrected chi connectivity index (χ4v) is 2.74. The van der Waals surface area contributed by atoms with Crippen molar-refractivity contribution < 1.29 is 14.3 Å². The van der Waals surface area contributed by atoms with Crippen molar-refractivity contribution >= 4 is 5.91 Å². The van der Waals surface area contributed by atoms with Crippen molar-refractivity contribution in [3.8, 4) is 11.8 Å². The van der Waals surface area contributed by atoms with Gasteiger partial charge in [-0.05, 0) is 0 Å². The summed E-state index contributed by atoms with van der Waals surface area (Å²) in [5, 5.41) is 0. The molecule has 0 spiro atoms. The van der Waals surface area contributed by atoms with E-state index >= 15 is 0 Å². The lowest BCUT2D eigenvalue weighted by atomic mass is 10.3. The molecule has 1 aliphatic heterocycles. The first-order valence-electron chi connectivity index (χ1n) is 8.16. The number of carbonyl (C=O) groups excluding carboxylic acids is 1. The lowest BCUT2D eigenvalue weighted by Gasteiger charge is -2.17. The predicted molar refractivity (Wildman–Crippen MR) is 90.1 cm³/mol. The van der Waals surface area contributed by atoms with Crippen molar-refractivity contribution in [1.29, 1.82) is 0 Å². The van der Waals surface area contributed by atoms with Crippen LogP contribution in [0.2, 0.25) is 0 Å². The monoisotopic (exact) mass is 361 g/mol. The summed E-state index contributed by atoms with van der Waals surface area (Å²) in [6.45, 7) is 1.19. The Kier molecular flexibility index (Phi) is 5.30. The van der Waals surface area contributed by atoms with Crippen molar-refractivity contribution in [3.05, 3.63) is 45.5 Å². The largest absolute Gasteiger partial charge is 0.477 e. The van der Waals surface area contributed by atoms with Crippen LogP contribution in [0.15, 0.2) is 34.2 Å². The Labute approximate surface area is 148 Å². The third kappa shape index (κ3) is 4.08. The van der Waals surface area contributed by atoms with Gasteiger partial charge in [-0.25, -0.2) is 14.8 Å². The van der Waals surface area contributed by atoms with Crippen LogP contribution in [0.3, 0.4) is 0 Å². The molecule has 0 bridgehead atoms. The summed E-state index contributed by atoms with van der Waals surface area (Å²) in [6, 6.07) is 1.25. The summed E-state index contributed by atoms with van der Waals surface area (Å²) < 4.78 is 12.2. The molecule has 0 unspecified atom stereocenters. The third-order valence-corrected chi connectivity index (χ3v) is 4.07. The zero-order valence-corrected chi connectivity index (χ0v) is 14.3. The third-order valence-electron chi connectivity index (χ3n) is 4.07. The summed E-state index contributed by atoms with van der Waals surface area (Å²) in [4.78, 5) is 47.0. The van der Waals surface area contributed by atoms with Crippen LogP contribution in [0.25, 0.3) is 0 Å². The van der Waals surface area contributed by atoms with Crippen LogP contribution in [0.4, 0.5) is 0 Å². The molecule has 2 aromatic heterocycles. The molecule has 1 fully saturated rings. The van der Waals surface area contributed by atoms with E-state index in [1.54, 1.807) is 4.90 Å². The number of likely N-dealkylation sites (tertiary alicyclic amines) is 1. The number of hydrogen-bond acceptors (Lipinski definition) is 7. The van der Waals surface area contributed by atoms with Crippen molar-refractivity contribution in [2.45, 2.75) is 25.5 Å². The molecular weight excluding hydrogens is 342 g/mol. The zero-order valence-electron chi connectivity index (χ0n) is 14.3. The number of carbonyl (C=O) groups is 1. The fraction of sp³-hybridized carbons (Fsp3) is 0.438. The van der Waals surface area contributed by atoms with Gasteiger partial charge < -0.3 is 18.9 Å². The fourth-order valence-electron chi connectivity index (χ4n) is 2.74. The van der Waals surface area contributed by atoms with Crippen molar-refractivity contribution in [2.24, 2.45) is 0 Å². The second-order valence-electron chi connectivity index (χ2n) is 5.79. The maximum absolute atomic E-state index is 12.3. The first-order valence-corrected chi connectivity index (χ1v) is 8.16. The second-order valence-corrected chi connectivity index (χ2v) is 5.79. The minimum Gasteiger partial charge on any atom is -0.477 e. The highest BCUT2D eigenvalue weighted by Gasteiger charge is 2.28. The summed E-state index contributed by atoms with van der Waals surface area (Å²) in [7, 11) is 1.49. The Morgan fingerprint density at radius 2 is 2.08 bits per heavy atom. The van der Waals surface area contributed by atoms with Gasteiger partial charge in [-0.1, -0.05) is 0 Å². The zero-order chi connectivity index (χ0) is 18.5. The molecular formula is C16H19N5O5. The summed E-state index contributed by atoms with van der Waals surface area (Å²) in [6.07, 6.45) is 5.04. The van der Waals surface area contributed by atoms with Gasteiger partial charge in [-0.3, -0.25) is 14.6 Å². The topological polar surface area (TPSA) is 119 Å². The number of methoxy groups -OCH3 is 1. The van der Waals surface area contributed by atoms with Crippen LogP contribution in [-0.2, 0) is 11.3 Å². The molecule has 10 heteroatoms. The number of H-pyrrole nitrogens is 1. The molecule has 10 nitrogen and oxygen atoms in total. The van der Waals surface area contributed by atoms with E-state index in [4.69, 9.17) is 9.47 Å². The van der Waals surface area contributed by atoms with E-state index in [1.807, 2.05) is 0 Å². The minimum atomic E-state index is -0.525. The molecule has 1 atom stereocenters. The summed E-state index contributed by atoms with van der Waals surface area (Å²) in [5.41, 5.74) is -0.987. The lowest BCUT2D eigenvalue weighted by Crippen LogP contribution is -2.34. The maximum Gasteiger partial charge on any atom is 0.328 e. The first kappa shape index (κ1) is 17.6. The van der Waals surface area contributed by atoms with E-state index in [1.165, 1.54) is 36.3 Å². The molecule has 0 aliphatic carbocycles. The predicted octanol–water partition coefficient (Wildman–Crippen LogP) is -0.595. The Morgan fingerprint density at radius 3 is 2.81 bits per heavy atom. The second kappa shape index (κ2) is 7.81. The van der Waals surface area contributed by atoms with E-state index < -0.39 is 11.2 Å². The molecule has 3 rings (SSSR count). The number of aromatic amines is 1. The van der Waals surface area contributed by atoms with Gasteiger partial charge >= 0.3 is 5.69 Å². The smallest absolute Gasteiger partial charge is 0.328 e. The average molecular weight is 361 g/mol. The van der Waals surface area contributed by atoms with Crippen LogP contribution in [-0.4, -0.2) is 56.6 Å². The van der Waals surface area contributed by atoms with E-state index in [-0.39, 0.29) is 25.0 Å². The molecule has 1 amide bonds. The maximum atomic E-state index is 12.3. The van der Waals surface area contributed by atoms with Crippen molar-refractivity contribution in [3.63, 3.8) is 0 Å². The Morgan fingerprint density at radius 1 is 1.31 bits per heavy atom. The first-order chi connectivity index (χ1) is 12.6. The van der Waals surface area contributed by atoms with Crippen LogP contribution in [0, 0.1) is 0 Å².